The summed E-state index contributed by atoms with van der Waals surface area (Å²) in [6.45, 7) is 11.6. The summed E-state index contributed by atoms with van der Waals surface area (Å²) < 4.78 is 14.0. The van der Waals surface area contributed by atoms with Gasteiger partial charge in [-0.15, -0.1) is 0 Å². The van der Waals surface area contributed by atoms with Gasteiger partial charge in [-0.2, -0.15) is 5.10 Å². The Kier molecular flexibility index (Phi) is 5.34. The molecule has 0 radical (unpaired) electrons. The van der Waals surface area contributed by atoms with E-state index in [1.165, 1.54) is 17.2 Å². The summed E-state index contributed by atoms with van der Waals surface area (Å²) in [5, 5.41) is 10.2. The van der Waals surface area contributed by atoms with Gasteiger partial charge in [0.05, 0.1) is 5.57 Å². The quantitative estimate of drug-likeness (QED) is 0.831. The molecule has 154 valence electrons. The number of fused-ring (bicyclic) bond motifs is 1. The van der Waals surface area contributed by atoms with Crippen molar-refractivity contribution in [3.63, 3.8) is 0 Å². The Labute approximate surface area is 170 Å². The van der Waals surface area contributed by atoms with Crippen LogP contribution >= 0.6 is 0 Å². The molecule has 0 aliphatic carbocycles. The lowest BCUT2D eigenvalue weighted by atomic mass is 9.82. The van der Waals surface area contributed by atoms with Crippen molar-refractivity contribution in [3.05, 3.63) is 58.3 Å². The average Bonchev–Trinajstić information content (AvgIpc) is 2.95. The van der Waals surface area contributed by atoms with Crippen LogP contribution in [0.25, 0.3) is 5.57 Å². The molecule has 3 rings (SSSR count). The first-order valence-electron chi connectivity index (χ1n) is 9.67. The fourth-order valence-corrected chi connectivity index (χ4v) is 3.75. The van der Waals surface area contributed by atoms with E-state index < -0.39 is 11.2 Å². The number of hydrogen-bond acceptors (Lipinski definition) is 3. The van der Waals surface area contributed by atoms with E-state index in [1.807, 2.05) is 34.6 Å². The van der Waals surface area contributed by atoms with Crippen LogP contribution < -0.4 is 5.32 Å². The van der Waals surface area contributed by atoms with Crippen LogP contribution in [0.5, 0.6) is 0 Å². The molecule has 1 aliphatic rings. The molecule has 6 nitrogen and oxygen atoms in total. The smallest absolute Gasteiger partial charge is 0.257 e. The minimum Gasteiger partial charge on any atom is -0.350 e. The first-order valence-corrected chi connectivity index (χ1v) is 9.67. The summed E-state index contributed by atoms with van der Waals surface area (Å²) in [5.41, 5.74) is 2.84. The minimum atomic E-state index is -0.471. The Bertz CT molecular complexity index is 1000. The lowest BCUT2D eigenvalue weighted by molar-refractivity contribution is -0.116. The predicted molar refractivity (Wildman–Crippen MR) is 110 cm³/mol. The highest BCUT2D eigenvalue weighted by Crippen LogP contribution is 2.36. The molecule has 2 N–H and O–H groups in total. The second-order valence-electron chi connectivity index (χ2n) is 8.52. The molecule has 0 saturated carbocycles. The van der Waals surface area contributed by atoms with E-state index in [9.17, 15) is 14.0 Å². The van der Waals surface area contributed by atoms with Gasteiger partial charge < -0.3 is 10.2 Å². The van der Waals surface area contributed by atoms with Crippen molar-refractivity contribution in [3.8, 4) is 0 Å². The first kappa shape index (κ1) is 20.8. The van der Waals surface area contributed by atoms with E-state index in [-0.39, 0.29) is 23.4 Å². The molecule has 0 saturated heterocycles. The lowest BCUT2D eigenvalue weighted by Gasteiger charge is -2.29. The van der Waals surface area contributed by atoms with Gasteiger partial charge in [0.1, 0.15) is 11.5 Å². The van der Waals surface area contributed by atoms with E-state index in [1.54, 1.807) is 19.1 Å². The number of amides is 2. The Morgan fingerprint density at radius 3 is 2.59 bits per heavy atom. The Balaban J connectivity index is 2.11. The highest BCUT2D eigenvalue weighted by molar-refractivity contribution is 6.20. The standard InChI is InChI=1S/C22H27FN4O2/c1-12(2)24-20(28)16-10-27(21(29)15-8-7-13(3)17(23)9-15)11-22(5,6)18-14(4)25-26-19(16)18/h7-10,12H,11H2,1-6H3,(H,24,28)(H,25,26). The van der Waals surface area contributed by atoms with Gasteiger partial charge in [0.2, 0.25) is 0 Å². The van der Waals surface area contributed by atoms with E-state index in [4.69, 9.17) is 0 Å². The van der Waals surface area contributed by atoms with Crippen LogP contribution in [-0.4, -0.2) is 39.5 Å². The number of rotatable bonds is 3. The fraction of sp³-hybridized carbons (Fsp3) is 0.409. The molecule has 29 heavy (non-hydrogen) atoms. The van der Waals surface area contributed by atoms with Crippen LogP contribution in [0.3, 0.4) is 0 Å². The third kappa shape index (κ3) is 3.95. The third-order valence-electron chi connectivity index (χ3n) is 5.07. The van der Waals surface area contributed by atoms with Crippen molar-refractivity contribution in [1.29, 1.82) is 0 Å². The maximum atomic E-state index is 14.0. The molecule has 2 amide bonds. The van der Waals surface area contributed by atoms with Crippen LogP contribution in [0.4, 0.5) is 4.39 Å². The molecule has 7 heteroatoms. The summed E-state index contributed by atoms with van der Waals surface area (Å²) in [7, 11) is 0. The summed E-state index contributed by atoms with van der Waals surface area (Å²) in [6, 6.07) is 4.35. The van der Waals surface area contributed by atoms with Gasteiger partial charge in [-0.25, -0.2) is 4.39 Å². The summed E-state index contributed by atoms with van der Waals surface area (Å²) in [6.07, 6.45) is 1.53. The topological polar surface area (TPSA) is 78.1 Å². The van der Waals surface area contributed by atoms with Gasteiger partial charge in [0, 0.05) is 41.0 Å². The number of nitrogens with one attached hydrogen (secondary N) is 2. The number of benzene rings is 1. The summed E-state index contributed by atoms with van der Waals surface area (Å²) in [4.78, 5) is 27.6. The highest BCUT2D eigenvalue weighted by Gasteiger charge is 2.37. The van der Waals surface area contributed by atoms with Crippen LogP contribution in [0.1, 0.15) is 60.6 Å². The predicted octanol–water partition coefficient (Wildman–Crippen LogP) is 3.46. The zero-order valence-corrected chi connectivity index (χ0v) is 17.7. The van der Waals surface area contributed by atoms with Gasteiger partial charge in [0.25, 0.3) is 11.8 Å². The number of hydrogen-bond donors (Lipinski definition) is 2. The molecule has 0 fully saturated rings. The molecule has 1 aromatic heterocycles. The minimum absolute atomic E-state index is 0.0708. The maximum Gasteiger partial charge on any atom is 0.257 e. The van der Waals surface area contributed by atoms with Crippen molar-refractivity contribution >= 4 is 17.4 Å². The summed E-state index contributed by atoms with van der Waals surface area (Å²) in [5.74, 6) is -1.10. The third-order valence-corrected chi connectivity index (χ3v) is 5.07. The zero-order chi connectivity index (χ0) is 21.5. The van der Waals surface area contributed by atoms with E-state index in [2.05, 4.69) is 15.5 Å². The fourth-order valence-electron chi connectivity index (χ4n) is 3.75. The van der Waals surface area contributed by atoms with Crippen molar-refractivity contribution < 1.29 is 14.0 Å². The molecule has 0 unspecified atom stereocenters. The normalized spacial score (nSPS) is 15.6. The number of aryl methyl sites for hydroxylation is 2. The largest absolute Gasteiger partial charge is 0.350 e. The zero-order valence-electron chi connectivity index (χ0n) is 17.7. The van der Waals surface area contributed by atoms with Gasteiger partial charge in [-0.1, -0.05) is 19.9 Å². The van der Waals surface area contributed by atoms with Crippen molar-refractivity contribution in [1.82, 2.24) is 20.4 Å². The number of aromatic amines is 1. The second kappa shape index (κ2) is 7.46. The molecule has 0 spiro atoms. The molecule has 0 atom stereocenters. The molecule has 2 heterocycles. The van der Waals surface area contributed by atoms with Crippen molar-refractivity contribution in [2.24, 2.45) is 0 Å². The van der Waals surface area contributed by atoms with E-state index >= 15 is 0 Å². The molecule has 2 aromatic rings. The van der Waals surface area contributed by atoms with Gasteiger partial charge >= 0.3 is 0 Å². The number of H-pyrrole nitrogens is 1. The van der Waals surface area contributed by atoms with Gasteiger partial charge in [-0.3, -0.25) is 14.7 Å². The number of carbonyl (C=O) groups is 2. The maximum absolute atomic E-state index is 14.0. The van der Waals surface area contributed by atoms with Gasteiger partial charge in [-0.05, 0) is 45.4 Å². The molecule has 0 bridgehead atoms. The van der Waals surface area contributed by atoms with Crippen LogP contribution in [0.15, 0.2) is 24.4 Å². The van der Waals surface area contributed by atoms with Crippen LogP contribution in [0.2, 0.25) is 0 Å². The Morgan fingerprint density at radius 2 is 1.97 bits per heavy atom. The number of aromatic nitrogens is 2. The van der Waals surface area contributed by atoms with Crippen LogP contribution in [-0.2, 0) is 10.2 Å². The molecular formula is C22H27FN4O2. The molecule has 1 aliphatic heterocycles. The number of carbonyl (C=O) groups excluding carboxylic acids is 2. The van der Waals surface area contributed by atoms with E-state index in [0.29, 0.717) is 23.4 Å². The Morgan fingerprint density at radius 1 is 1.28 bits per heavy atom. The molecule has 1 aromatic carbocycles. The van der Waals surface area contributed by atoms with Crippen molar-refractivity contribution in [2.75, 3.05) is 6.54 Å². The number of nitrogens with zero attached hydrogens (tertiary/aromatic N) is 2. The highest BCUT2D eigenvalue weighted by atomic mass is 19.1. The second-order valence-corrected chi connectivity index (χ2v) is 8.52. The monoisotopic (exact) mass is 398 g/mol. The average molecular weight is 398 g/mol. The summed E-state index contributed by atoms with van der Waals surface area (Å²) >= 11 is 0. The molecular weight excluding hydrogens is 371 g/mol. The number of halogens is 1. The first-order chi connectivity index (χ1) is 13.5. The van der Waals surface area contributed by atoms with Crippen LogP contribution in [0, 0.1) is 19.7 Å². The lowest BCUT2D eigenvalue weighted by Crippen LogP contribution is -2.37. The Hall–Kier alpha value is -2.96. The SMILES string of the molecule is Cc1ccc(C(=O)N2C=C(C(=O)NC(C)C)c3n[nH]c(C)c3C(C)(C)C2)cc1F. The van der Waals surface area contributed by atoms with Gasteiger partial charge in [0.15, 0.2) is 0 Å². The van der Waals surface area contributed by atoms with Crippen molar-refractivity contribution in [2.45, 2.75) is 53.0 Å². The van der Waals surface area contributed by atoms with E-state index in [0.717, 1.165) is 11.3 Å².